The minimum atomic E-state index is -0.622. The first-order valence-corrected chi connectivity index (χ1v) is 8.33. The van der Waals surface area contributed by atoms with Crippen LogP contribution >= 0.6 is 0 Å². The lowest BCUT2D eigenvalue weighted by Crippen LogP contribution is -2.27. The SMILES string of the molecule is CC(C)(C)OC(=O)Nc1cccc(N2Cc3cc([N+](=O)[O-])ccc3C2=O)c1. The number of nitro groups is 1. The molecule has 2 aromatic carbocycles. The lowest BCUT2D eigenvalue weighted by molar-refractivity contribution is -0.384. The van der Waals surface area contributed by atoms with Crippen molar-refractivity contribution in [1.82, 2.24) is 0 Å². The number of benzene rings is 2. The van der Waals surface area contributed by atoms with E-state index in [0.717, 1.165) is 0 Å². The maximum Gasteiger partial charge on any atom is 0.412 e. The predicted octanol–water partition coefficient (Wildman–Crippen LogP) is 4.10. The lowest BCUT2D eigenvalue weighted by atomic mass is 10.1. The van der Waals surface area contributed by atoms with Crippen LogP contribution in [0.3, 0.4) is 0 Å². The molecule has 0 fully saturated rings. The number of amides is 2. The summed E-state index contributed by atoms with van der Waals surface area (Å²) in [4.78, 5) is 36.5. The zero-order valence-corrected chi connectivity index (χ0v) is 15.2. The number of anilines is 2. The van der Waals surface area contributed by atoms with E-state index in [2.05, 4.69) is 5.32 Å². The fourth-order valence-electron chi connectivity index (χ4n) is 2.80. The summed E-state index contributed by atoms with van der Waals surface area (Å²) in [5.74, 6) is -0.241. The van der Waals surface area contributed by atoms with Crippen LogP contribution in [0.1, 0.15) is 36.7 Å². The highest BCUT2D eigenvalue weighted by Gasteiger charge is 2.30. The predicted molar refractivity (Wildman–Crippen MR) is 99.9 cm³/mol. The van der Waals surface area contributed by atoms with Crippen LogP contribution in [0.5, 0.6) is 0 Å². The van der Waals surface area contributed by atoms with Gasteiger partial charge in [0.05, 0.1) is 11.5 Å². The molecular weight excluding hydrogens is 350 g/mol. The number of nitrogens with one attached hydrogen (secondary N) is 1. The van der Waals surface area contributed by atoms with Gasteiger partial charge in [-0.05, 0) is 50.6 Å². The molecular formula is C19H19N3O5. The van der Waals surface area contributed by atoms with Crippen molar-refractivity contribution >= 4 is 29.1 Å². The van der Waals surface area contributed by atoms with E-state index in [-0.39, 0.29) is 18.1 Å². The minimum Gasteiger partial charge on any atom is -0.444 e. The first-order valence-electron chi connectivity index (χ1n) is 8.33. The molecule has 3 rings (SSSR count). The number of carbonyl (C=O) groups is 2. The molecule has 0 aliphatic carbocycles. The molecule has 8 heteroatoms. The smallest absolute Gasteiger partial charge is 0.412 e. The molecule has 0 atom stereocenters. The Morgan fingerprint density at radius 1 is 1.22 bits per heavy atom. The molecule has 2 aromatic rings. The highest BCUT2D eigenvalue weighted by Crippen LogP contribution is 2.31. The zero-order chi connectivity index (χ0) is 19.8. The van der Waals surface area contributed by atoms with E-state index in [9.17, 15) is 19.7 Å². The van der Waals surface area contributed by atoms with Gasteiger partial charge < -0.3 is 9.64 Å². The van der Waals surface area contributed by atoms with Gasteiger partial charge in [-0.1, -0.05) is 6.07 Å². The summed E-state index contributed by atoms with van der Waals surface area (Å²) in [6.07, 6.45) is -0.591. The summed E-state index contributed by atoms with van der Waals surface area (Å²) >= 11 is 0. The van der Waals surface area contributed by atoms with E-state index in [1.54, 1.807) is 45.0 Å². The summed E-state index contributed by atoms with van der Waals surface area (Å²) in [5, 5.41) is 13.6. The number of non-ortho nitro benzene ring substituents is 1. The van der Waals surface area contributed by atoms with Gasteiger partial charge in [0.15, 0.2) is 0 Å². The second kappa shape index (κ2) is 6.71. The van der Waals surface area contributed by atoms with Crippen LogP contribution < -0.4 is 10.2 Å². The molecule has 1 aliphatic heterocycles. The van der Waals surface area contributed by atoms with Gasteiger partial charge in [-0.25, -0.2) is 4.79 Å². The van der Waals surface area contributed by atoms with E-state index in [1.165, 1.54) is 23.1 Å². The fourth-order valence-corrected chi connectivity index (χ4v) is 2.80. The molecule has 1 heterocycles. The van der Waals surface area contributed by atoms with Crippen LogP contribution in [-0.4, -0.2) is 22.5 Å². The van der Waals surface area contributed by atoms with Crippen molar-refractivity contribution < 1.29 is 19.2 Å². The van der Waals surface area contributed by atoms with Crippen molar-refractivity contribution in [3.8, 4) is 0 Å². The Morgan fingerprint density at radius 2 is 1.96 bits per heavy atom. The molecule has 0 unspecified atom stereocenters. The van der Waals surface area contributed by atoms with Gasteiger partial charge in [0.1, 0.15) is 5.60 Å². The molecule has 0 saturated heterocycles. The quantitative estimate of drug-likeness (QED) is 0.648. The fraction of sp³-hybridized carbons (Fsp3) is 0.263. The summed E-state index contributed by atoms with van der Waals surface area (Å²) < 4.78 is 5.22. The van der Waals surface area contributed by atoms with Gasteiger partial charge in [0, 0.05) is 29.1 Å². The summed E-state index contributed by atoms with van der Waals surface area (Å²) in [5.41, 5.74) is 1.42. The molecule has 27 heavy (non-hydrogen) atoms. The lowest BCUT2D eigenvalue weighted by Gasteiger charge is -2.20. The molecule has 0 saturated carbocycles. The van der Waals surface area contributed by atoms with Crippen LogP contribution in [0.15, 0.2) is 42.5 Å². The molecule has 0 spiro atoms. The average Bonchev–Trinajstić information content (AvgIpc) is 2.89. The van der Waals surface area contributed by atoms with Gasteiger partial charge in [0.25, 0.3) is 11.6 Å². The van der Waals surface area contributed by atoms with E-state index >= 15 is 0 Å². The van der Waals surface area contributed by atoms with Crippen molar-refractivity contribution in [1.29, 1.82) is 0 Å². The number of ether oxygens (including phenoxy) is 1. The van der Waals surface area contributed by atoms with E-state index < -0.39 is 16.6 Å². The van der Waals surface area contributed by atoms with Crippen LogP contribution in [0.4, 0.5) is 21.9 Å². The van der Waals surface area contributed by atoms with Gasteiger partial charge in [0.2, 0.25) is 0 Å². The average molecular weight is 369 g/mol. The monoisotopic (exact) mass is 369 g/mol. The second-order valence-electron chi connectivity index (χ2n) is 7.17. The second-order valence-corrected chi connectivity index (χ2v) is 7.17. The number of hydrogen-bond acceptors (Lipinski definition) is 5. The highest BCUT2D eigenvalue weighted by molar-refractivity contribution is 6.10. The molecule has 2 amide bonds. The Bertz CT molecular complexity index is 933. The van der Waals surface area contributed by atoms with Crippen molar-refractivity contribution in [2.24, 2.45) is 0 Å². The van der Waals surface area contributed by atoms with Gasteiger partial charge in [-0.2, -0.15) is 0 Å². The van der Waals surface area contributed by atoms with Crippen molar-refractivity contribution in [3.63, 3.8) is 0 Å². The van der Waals surface area contributed by atoms with Gasteiger partial charge in [-0.3, -0.25) is 20.2 Å². The Kier molecular flexibility index (Phi) is 4.57. The van der Waals surface area contributed by atoms with Crippen LogP contribution in [0, 0.1) is 10.1 Å². The van der Waals surface area contributed by atoms with Crippen molar-refractivity contribution in [2.45, 2.75) is 32.9 Å². The van der Waals surface area contributed by atoms with Gasteiger partial charge >= 0.3 is 6.09 Å². The number of fused-ring (bicyclic) bond motifs is 1. The molecule has 8 nitrogen and oxygen atoms in total. The number of carbonyl (C=O) groups excluding carboxylic acids is 2. The summed E-state index contributed by atoms with van der Waals surface area (Å²) in [7, 11) is 0. The van der Waals surface area contributed by atoms with Gasteiger partial charge in [-0.15, -0.1) is 0 Å². The normalized spacial score (nSPS) is 13.3. The third kappa shape index (κ3) is 4.05. The Labute approximate surface area is 155 Å². The highest BCUT2D eigenvalue weighted by atomic mass is 16.6. The molecule has 1 aliphatic rings. The molecule has 1 N–H and O–H groups in total. The Morgan fingerprint density at radius 3 is 2.63 bits per heavy atom. The number of hydrogen-bond donors (Lipinski definition) is 1. The zero-order valence-electron chi connectivity index (χ0n) is 15.2. The topological polar surface area (TPSA) is 102 Å². The number of rotatable bonds is 3. The molecule has 140 valence electrons. The largest absolute Gasteiger partial charge is 0.444 e. The van der Waals surface area contributed by atoms with E-state index in [0.29, 0.717) is 22.5 Å². The Balaban J connectivity index is 1.80. The van der Waals surface area contributed by atoms with Crippen LogP contribution in [0.2, 0.25) is 0 Å². The third-order valence-electron chi connectivity index (χ3n) is 3.91. The summed E-state index contributed by atoms with van der Waals surface area (Å²) in [6, 6.07) is 11.0. The maximum absolute atomic E-state index is 12.6. The molecule has 0 radical (unpaired) electrons. The number of nitro benzene ring substituents is 1. The van der Waals surface area contributed by atoms with E-state index in [1.807, 2.05) is 0 Å². The van der Waals surface area contributed by atoms with Crippen LogP contribution in [0.25, 0.3) is 0 Å². The minimum absolute atomic E-state index is 0.0521. The van der Waals surface area contributed by atoms with Crippen molar-refractivity contribution in [3.05, 3.63) is 63.7 Å². The standard InChI is InChI=1S/C19H19N3O5/c1-19(2,3)27-18(24)20-13-5-4-6-14(10-13)21-11-12-9-15(22(25)26)7-8-16(12)17(21)23/h4-10H,11H2,1-3H3,(H,20,24). The maximum atomic E-state index is 12.6. The first-order chi connectivity index (χ1) is 12.6. The first kappa shape index (κ1) is 18.4. The third-order valence-corrected chi connectivity index (χ3v) is 3.91. The molecule has 0 bridgehead atoms. The number of nitrogens with zero attached hydrogens (tertiary/aromatic N) is 2. The Hall–Kier alpha value is -3.42. The molecule has 0 aromatic heterocycles. The van der Waals surface area contributed by atoms with E-state index in [4.69, 9.17) is 4.74 Å². The van der Waals surface area contributed by atoms with Crippen LogP contribution in [-0.2, 0) is 11.3 Å². The van der Waals surface area contributed by atoms with Crippen molar-refractivity contribution in [2.75, 3.05) is 10.2 Å². The summed E-state index contributed by atoms with van der Waals surface area (Å²) in [6.45, 7) is 5.53.